The van der Waals surface area contributed by atoms with Crippen molar-refractivity contribution in [1.82, 2.24) is 0 Å². The van der Waals surface area contributed by atoms with Crippen LogP contribution in [0.4, 0.5) is 0 Å². The standard InChI is InChI=1S/C16H28NO5P/c1-12-7-8-14(9-13(2)21-6)10-15(12)16(11-17(3,4)5)22-23(18,19)20/h7-8,10,13,16H,9,11H2,1-6H3,(H-,18,19,20)/p+1. The number of methoxy groups -OCH3 is 1. The van der Waals surface area contributed by atoms with E-state index in [0.29, 0.717) is 11.0 Å². The molecule has 0 saturated heterocycles. The molecule has 0 bridgehead atoms. The van der Waals surface area contributed by atoms with Crippen molar-refractivity contribution >= 4 is 7.82 Å². The van der Waals surface area contributed by atoms with Crippen LogP contribution in [0.1, 0.15) is 29.7 Å². The van der Waals surface area contributed by atoms with E-state index in [1.165, 1.54) is 0 Å². The SMILES string of the molecule is COC(C)Cc1ccc(C)c(C(C[N+](C)(C)C)OP(=O)(O)O)c1. The van der Waals surface area contributed by atoms with Gasteiger partial charge in [-0.3, -0.25) is 4.52 Å². The molecule has 0 heterocycles. The fraction of sp³-hybridized carbons (Fsp3) is 0.625. The summed E-state index contributed by atoms with van der Waals surface area (Å²) in [7, 11) is 2.97. The second kappa shape index (κ2) is 7.88. The van der Waals surface area contributed by atoms with Crippen molar-refractivity contribution in [2.24, 2.45) is 0 Å². The maximum Gasteiger partial charge on any atom is 0.470 e. The van der Waals surface area contributed by atoms with E-state index in [9.17, 15) is 14.4 Å². The normalized spacial score (nSPS) is 15.5. The number of phosphoric ester groups is 1. The fourth-order valence-corrected chi connectivity index (χ4v) is 2.94. The number of nitrogens with zero attached hydrogens (tertiary/aromatic N) is 1. The number of hydrogen-bond acceptors (Lipinski definition) is 3. The number of ether oxygens (including phenoxy) is 1. The number of phosphoric acid groups is 1. The van der Waals surface area contributed by atoms with Gasteiger partial charge in [-0.2, -0.15) is 0 Å². The van der Waals surface area contributed by atoms with Crippen molar-refractivity contribution in [1.29, 1.82) is 0 Å². The number of benzene rings is 1. The van der Waals surface area contributed by atoms with Crippen LogP contribution in [0.25, 0.3) is 0 Å². The Balaban J connectivity index is 3.17. The van der Waals surface area contributed by atoms with Gasteiger partial charge in [0.25, 0.3) is 0 Å². The lowest BCUT2D eigenvalue weighted by Crippen LogP contribution is -2.39. The Morgan fingerprint density at radius 2 is 1.87 bits per heavy atom. The molecule has 2 atom stereocenters. The van der Waals surface area contributed by atoms with Gasteiger partial charge in [-0.15, -0.1) is 0 Å². The van der Waals surface area contributed by atoms with Crippen LogP contribution in [0.5, 0.6) is 0 Å². The first-order chi connectivity index (χ1) is 10.4. The largest absolute Gasteiger partial charge is 0.470 e. The van der Waals surface area contributed by atoms with Gasteiger partial charge in [0.1, 0.15) is 12.6 Å². The van der Waals surface area contributed by atoms with Gasteiger partial charge in [-0.05, 0) is 37.0 Å². The van der Waals surface area contributed by atoms with Crippen LogP contribution in [0.15, 0.2) is 18.2 Å². The first kappa shape index (κ1) is 20.3. The third-order valence-electron chi connectivity index (χ3n) is 3.59. The van der Waals surface area contributed by atoms with Crippen LogP contribution in [0, 0.1) is 6.92 Å². The number of rotatable bonds is 8. The van der Waals surface area contributed by atoms with Gasteiger partial charge in [0.05, 0.1) is 27.2 Å². The van der Waals surface area contributed by atoms with Crippen LogP contribution in [-0.4, -0.2) is 55.2 Å². The highest BCUT2D eigenvalue weighted by atomic mass is 31.2. The summed E-state index contributed by atoms with van der Waals surface area (Å²) in [4.78, 5) is 18.5. The fourth-order valence-electron chi connectivity index (χ4n) is 2.43. The van der Waals surface area contributed by atoms with E-state index in [0.717, 1.165) is 23.1 Å². The molecule has 6 nitrogen and oxygen atoms in total. The van der Waals surface area contributed by atoms with Crippen molar-refractivity contribution in [3.05, 3.63) is 34.9 Å². The minimum Gasteiger partial charge on any atom is -0.381 e. The van der Waals surface area contributed by atoms with E-state index >= 15 is 0 Å². The molecule has 0 aliphatic carbocycles. The zero-order valence-corrected chi connectivity index (χ0v) is 15.7. The van der Waals surface area contributed by atoms with Crippen LogP contribution < -0.4 is 0 Å². The molecule has 132 valence electrons. The molecule has 0 aliphatic rings. The van der Waals surface area contributed by atoms with Crippen molar-refractivity contribution in [2.45, 2.75) is 32.5 Å². The molecule has 0 radical (unpaired) electrons. The maximum atomic E-state index is 11.4. The summed E-state index contributed by atoms with van der Waals surface area (Å²) in [5.74, 6) is 0. The number of likely N-dealkylation sites (N-methyl/N-ethyl adjacent to an activating group) is 1. The van der Waals surface area contributed by atoms with E-state index in [4.69, 9.17) is 9.26 Å². The zero-order chi connectivity index (χ0) is 17.8. The second-order valence-corrected chi connectivity index (χ2v) is 8.19. The van der Waals surface area contributed by atoms with E-state index in [2.05, 4.69) is 0 Å². The molecule has 1 rings (SSSR count). The first-order valence-electron chi connectivity index (χ1n) is 7.58. The third-order valence-corrected chi connectivity index (χ3v) is 4.12. The summed E-state index contributed by atoms with van der Waals surface area (Å²) in [6.45, 7) is 4.36. The summed E-state index contributed by atoms with van der Waals surface area (Å²) in [6, 6.07) is 5.93. The smallest absolute Gasteiger partial charge is 0.381 e. The van der Waals surface area contributed by atoms with Crippen LogP contribution >= 0.6 is 7.82 Å². The maximum absolute atomic E-state index is 11.4. The quantitative estimate of drug-likeness (QED) is 0.558. The van der Waals surface area contributed by atoms with Gasteiger partial charge in [-0.1, -0.05) is 18.2 Å². The number of hydrogen-bond donors (Lipinski definition) is 2. The Labute approximate surface area is 138 Å². The molecule has 0 spiro atoms. The van der Waals surface area contributed by atoms with Crippen LogP contribution in [0.2, 0.25) is 0 Å². The van der Waals surface area contributed by atoms with Gasteiger partial charge >= 0.3 is 7.82 Å². The summed E-state index contributed by atoms with van der Waals surface area (Å²) < 4.78 is 22.3. The molecule has 1 aromatic rings. The highest BCUT2D eigenvalue weighted by molar-refractivity contribution is 7.46. The molecule has 2 unspecified atom stereocenters. The molecular formula is C16H29NO5P+. The van der Waals surface area contributed by atoms with Crippen molar-refractivity contribution < 1.29 is 28.1 Å². The zero-order valence-electron chi connectivity index (χ0n) is 14.8. The molecule has 23 heavy (non-hydrogen) atoms. The van der Waals surface area contributed by atoms with Crippen LogP contribution in [0.3, 0.4) is 0 Å². The number of aryl methyl sites for hydroxylation is 1. The number of quaternary nitrogens is 1. The topological polar surface area (TPSA) is 76.0 Å². The van der Waals surface area contributed by atoms with Gasteiger partial charge in [0.2, 0.25) is 0 Å². The average molecular weight is 346 g/mol. The van der Waals surface area contributed by atoms with E-state index < -0.39 is 13.9 Å². The predicted octanol–water partition coefficient (Wildman–Crippen LogP) is 2.43. The lowest BCUT2D eigenvalue weighted by atomic mass is 9.97. The average Bonchev–Trinajstić information content (AvgIpc) is 2.36. The van der Waals surface area contributed by atoms with Crippen molar-refractivity contribution in [2.75, 3.05) is 34.8 Å². The van der Waals surface area contributed by atoms with Crippen molar-refractivity contribution in [3.63, 3.8) is 0 Å². The predicted molar refractivity (Wildman–Crippen MR) is 90.1 cm³/mol. The Kier molecular flexibility index (Phi) is 6.95. The molecule has 2 N–H and O–H groups in total. The van der Waals surface area contributed by atoms with E-state index in [1.807, 2.05) is 53.2 Å². The summed E-state index contributed by atoms with van der Waals surface area (Å²) in [5, 5.41) is 0. The monoisotopic (exact) mass is 346 g/mol. The van der Waals surface area contributed by atoms with Gasteiger partial charge in [0, 0.05) is 7.11 Å². The van der Waals surface area contributed by atoms with E-state index in [1.54, 1.807) is 7.11 Å². The Bertz CT molecular complexity index is 564. The summed E-state index contributed by atoms with van der Waals surface area (Å²) in [5.41, 5.74) is 2.81. The summed E-state index contributed by atoms with van der Waals surface area (Å²) >= 11 is 0. The lowest BCUT2D eigenvalue weighted by molar-refractivity contribution is -0.874. The lowest BCUT2D eigenvalue weighted by Gasteiger charge is -2.30. The van der Waals surface area contributed by atoms with Gasteiger partial charge in [0.15, 0.2) is 0 Å². The highest BCUT2D eigenvalue weighted by Crippen LogP contribution is 2.43. The molecule has 0 aliphatic heterocycles. The highest BCUT2D eigenvalue weighted by Gasteiger charge is 2.29. The van der Waals surface area contributed by atoms with Gasteiger partial charge in [-0.25, -0.2) is 4.57 Å². The van der Waals surface area contributed by atoms with Crippen molar-refractivity contribution in [3.8, 4) is 0 Å². The molecule has 7 heteroatoms. The molecule has 1 aromatic carbocycles. The Hall–Kier alpha value is -0.750. The minimum absolute atomic E-state index is 0.0742. The van der Waals surface area contributed by atoms with Crippen LogP contribution in [-0.2, 0) is 20.2 Å². The Morgan fingerprint density at radius 3 is 2.35 bits per heavy atom. The van der Waals surface area contributed by atoms with E-state index in [-0.39, 0.29) is 6.10 Å². The molecule has 0 fully saturated rings. The molecule has 0 aromatic heterocycles. The summed E-state index contributed by atoms with van der Waals surface area (Å²) in [6.07, 6.45) is 0.135. The first-order valence-corrected chi connectivity index (χ1v) is 9.11. The van der Waals surface area contributed by atoms with Gasteiger partial charge < -0.3 is 19.0 Å². The molecular weight excluding hydrogens is 317 g/mol. The second-order valence-electron chi connectivity index (χ2n) is 7.00. The Morgan fingerprint density at radius 1 is 1.26 bits per heavy atom. The third kappa shape index (κ3) is 7.57. The minimum atomic E-state index is -4.58. The molecule has 0 saturated carbocycles. The molecule has 0 amide bonds.